The van der Waals surface area contributed by atoms with E-state index in [1.54, 1.807) is 0 Å². The van der Waals surface area contributed by atoms with Gasteiger partial charge in [-0.05, 0) is 134 Å². The minimum Gasteiger partial charge on any atom is -0.469 e. The van der Waals surface area contributed by atoms with Crippen molar-refractivity contribution in [2.75, 3.05) is 7.11 Å². The van der Waals surface area contributed by atoms with E-state index in [-0.39, 0.29) is 52.5 Å². The van der Waals surface area contributed by atoms with Gasteiger partial charge in [0.1, 0.15) is 12.4 Å². The van der Waals surface area contributed by atoms with E-state index >= 15 is 0 Å². The number of carbonyl (C=O) groups excluding carboxylic acids is 3. The molecule has 5 fully saturated rings. The summed E-state index contributed by atoms with van der Waals surface area (Å²) in [6, 6.07) is 0. The molecule has 0 bridgehead atoms. The number of carbonyl (C=O) groups is 3. The van der Waals surface area contributed by atoms with Crippen molar-refractivity contribution in [1.29, 1.82) is 0 Å². The van der Waals surface area contributed by atoms with Gasteiger partial charge in [0.15, 0.2) is 0 Å². The van der Waals surface area contributed by atoms with Crippen molar-refractivity contribution < 1.29 is 23.9 Å². The predicted octanol–water partition coefficient (Wildman–Crippen LogP) is 9.51. The van der Waals surface area contributed by atoms with Crippen LogP contribution in [0, 0.1) is 62.1 Å². The van der Waals surface area contributed by atoms with Crippen LogP contribution in [-0.4, -0.2) is 31.4 Å². The Kier molecular flexibility index (Phi) is 9.09. The van der Waals surface area contributed by atoms with E-state index in [1.165, 1.54) is 64.0 Å². The average Bonchev–Trinajstić information content (AvgIpc) is 3.33. The van der Waals surface area contributed by atoms with Gasteiger partial charge < -0.3 is 14.3 Å². The maximum Gasteiger partial charge on any atom is 0.306 e. The number of methoxy groups -OCH3 is 1. The topological polar surface area (TPSA) is 69.7 Å². The Morgan fingerprint density at radius 3 is 2.18 bits per heavy atom. The van der Waals surface area contributed by atoms with Crippen molar-refractivity contribution in [3.05, 3.63) is 12.2 Å². The molecule has 0 aromatic heterocycles. The zero-order valence-corrected chi connectivity index (χ0v) is 30.2. The van der Waals surface area contributed by atoms with Crippen molar-refractivity contribution in [2.45, 2.75) is 151 Å². The minimum atomic E-state index is -0.495. The average molecular weight is 625 g/mol. The standard InChI is InChI=1S/C40H64O5/c1-26(2)27-14-20-40(17-11-23-41)22-21-38(8)28(34(27)40)12-13-30-37(7)18-16-31(36(5,6)29(37)15-19-39(30,38)9)45-33(43)25-35(3,4)24-32(42)44-10/h23,27-31,34H,1,11-22,24-25H2,2-10H3/t27-,28+,29-,30+,31-,34+,37-,38+,39+,40+/m0/s1. The van der Waals surface area contributed by atoms with E-state index in [1.807, 2.05) is 13.8 Å². The molecular formula is C40H64O5. The zero-order chi connectivity index (χ0) is 33.2. The summed E-state index contributed by atoms with van der Waals surface area (Å²) >= 11 is 0. The first kappa shape index (κ1) is 34.7. The van der Waals surface area contributed by atoms with E-state index in [9.17, 15) is 14.4 Å². The van der Waals surface area contributed by atoms with Crippen LogP contribution in [0.3, 0.4) is 0 Å². The Balaban J connectivity index is 1.37. The molecule has 5 aliphatic rings. The van der Waals surface area contributed by atoms with Gasteiger partial charge >= 0.3 is 11.9 Å². The molecule has 5 nitrogen and oxygen atoms in total. The molecule has 0 spiro atoms. The van der Waals surface area contributed by atoms with Crippen LogP contribution >= 0.6 is 0 Å². The third-order valence-corrected chi connectivity index (χ3v) is 15.7. The Morgan fingerprint density at radius 2 is 1.53 bits per heavy atom. The van der Waals surface area contributed by atoms with Gasteiger partial charge in [-0.3, -0.25) is 9.59 Å². The fourth-order valence-electron chi connectivity index (χ4n) is 13.4. The Labute approximate surface area is 274 Å². The van der Waals surface area contributed by atoms with Gasteiger partial charge in [0.05, 0.1) is 20.0 Å². The SMILES string of the molecule is C=C(C)[C@@H]1CC[C@]2(CCC=O)CC[C@]3(C)[C@H](CC[C@@H]4[C@@]5(C)CC[C@H](OC(=O)CC(C)(C)CC(=O)OC)C(C)(C)[C@@H]5CC[C@]43C)[C@@H]12. The molecule has 0 radical (unpaired) electrons. The van der Waals surface area contributed by atoms with Crippen molar-refractivity contribution in [2.24, 2.45) is 62.1 Å². The zero-order valence-electron chi connectivity index (χ0n) is 30.2. The molecule has 0 aromatic carbocycles. The van der Waals surface area contributed by atoms with Gasteiger partial charge in [-0.2, -0.15) is 0 Å². The van der Waals surface area contributed by atoms with Crippen LogP contribution < -0.4 is 0 Å². The lowest BCUT2D eigenvalue weighted by Crippen LogP contribution is -2.66. The quantitative estimate of drug-likeness (QED) is 0.145. The second-order valence-electron chi connectivity index (χ2n) is 18.7. The van der Waals surface area contributed by atoms with Crippen LogP contribution in [0.2, 0.25) is 0 Å². The molecule has 0 N–H and O–H groups in total. The van der Waals surface area contributed by atoms with Crippen molar-refractivity contribution >= 4 is 18.2 Å². The van der Waals surface area contributed by atoms with Crippen LogP contribution in [-0.2, 0) is 23.9 Å². The second kappa shape index (κ2) is 11.8. The lowest BCUT2D eigenvalue weighted by Gasteiger charge is -2.73. The molecule has 254 valence electrons. The van der Waals surface area contributed by atoms with Crippen molar-refractivity contribution in [3.8, 4) is 0 Å². The summed E-state index contributed by atoms with van der Waals surface area (Å²) in [5, 5.41) is 0. The number of esters is 2. The van der Waals surface area contributed by atoms with Gasteiger partial charge in [0.25, 0.3) is 0 Å². The molecule has 0 aromatic rings. The van der Waals surface area contributed by atoms with Gasteiger partial charge in [0.2, 0.25) is 0 Å². The summed E-state index contributed by atoms with van der Waals surface area (Å²) in [5.41, 5.74) is 1.85. The highest BCUT2D eigenvalue weighted by atomic mass is 16.5. The molecule has 5 saturated carbocycles. The molecule has 45 heavy (non-hydrogen) atoms. The van der Waals surface area contributed by atoms with Gasteiger partial charge in [-0.25, -0.2) is 0 Å². The second-order valence-corrected chi connectivity index (χ2v) is 18.7. The largest absolute Gasteiger partial charge is 0.469 e. The maximum absolute atomic E-state index is 13.3. The Morgan fingerprint density at radius 1 is 0.844 bits per heavy atom. The summed E-state index contributed by atoms with van der Waals surface area (Å²) in [6.07, 6.45) is 15.3. The molecular weight excluding hydrogens is 560 g/mol. The van der Waals surface area contributed by atoms with E-state index in [2.05, 4.69) is 48.1 Å². The summed E-state index contributed by atoms with van der Waals surface area (Å²) in [7, 11) is 1.39. The highest BCUT2D eigenvalue weighted by Crippen LogP contribution is 2.78. The molecule has 10 atom stereocenters. The first-order valence-electron chi connectivity index (χ1n) is 18.3. The van der Waals surface area contributed by atoms with E-state index in [0.717, 1.165) is 25.5 Å². The first-order valence-corrected chi connectivity index (χ1v) is 18.3. The van der Waals surface area contributed by atoms with Crippen molar-refractivity contribution in [3.63, 3.8) is 0 Å². The number of aldehydes is 1. The van der Waals surface area contributed by atoms with Crippen LogP contribution in [0.15, 0.2) is 12.2 Å². The summed E-state index contributed by atoms with van der Waals surface area (Å²) in [5.74, 6) is 2.63. The van der Waals surface area contributed by atoms with Crippen LogP contribution in [0.5, 0.6) is 0 Å². The monoisotopic (exact) mass is 624 g/mol. The van der Waals surface area contributed by atoms with Crippen LogP contribution in [0.25, 0.3) is 0 Å². The molecule has 5 aliphatic carbocycles. The van der Waals surface area contributed by atoms with Gasteiger partial charge in [-0.15, -0.1) is 0 Å². The molecule has 0 aliphatic heterocycles. The van der Waals surface area contributed by atoms with Gasteiger partial charge in [-0.1, -0.05) is 60.6 Å². The smallest absolute Gasteiger partial charge is 0.306 e. The number of allylic oxidation sites excluding steroid dienone is 1. The predicted molar refractivity (Wildman–Crippen MR) is 179 cm³/mol. The number of ether oxygens (including phenoxy) is 2. The summed E-state index contributed by atoms with van der Waals surface area (Å²) < 4.78 is 11.2. The molecule has 0 saturated heterocycles. The molecule has 0 unspecified atom stereocenters. The van der Waals surface area contributed by atoms with E-state index < -0.39 is 5.41 Å². The van der Waals surface area contributed by atoms with Crippen LogP contribution in [0.4, 0.5) is 0 Å². The van der Waals surface area contributed by atoms with Gasteiger partial charge in [0, 0.05) is 11.8 Å². The highest BCUT2D eigenvalue weighted by molar-refractivity contribution is 5.74. The fourth-order valence-corrected chi connectivity index (χ4v) is 13.4. The molecule has 5 rings (SSSR count). The molecule has 0 heterocycles. The Bertz CT molecular complexity index is 1190. The number of hydrogen-bond acceptors (Lipinski definition) is 5. The Hall–Kier alpha value is -1.65. The van der Waals surface area contributed by atoms with Crippen LogP contribution in [0.1, 0.15) is 145 Å². The molecule has 0 amide bonds. The lowest BCUT2D eigenvalue weighted by molar-refractivity contribution is -0.250. The highest BCUT2D eigenvalue weighted by Gasteiger charge is 2.71. The van der Waals surface area contributed by atoms with E-state index in [4.69, 9.17) is 9.47 Å². The number of rotatable bonds is 9. The number of hydrogen-bond donors (Lipinski definition) is 0. The lowest BCUT2D eigenvalue weighted by atomic mass is 9.32. The van der Waals surface area contributed by atoms with E-state index in [0.29, 0.717) is 41.4 Å². The molecule has 5 heteroatoms. The summed E-state index contributed by atoms with van der Waals surface area (Å²) in [6.45, 7) is 23.3. The maximum atomic E-state index is 13.3. The van der Waals surface area contributed by atoms with Crippen molar-refractivity contribution in [1.82, 2.24) is 0 Å². The minimum absolute atomic E-state index is 0.101. The fraction of sp³-hybridized carbons (Fsp3) is 0.875. The normalized spacial score (nSPS) is 43.6. The third-order valence-electron chi connectivity index (χ3n) is 15.7. The third kappa shape index (κ3) is 5.46. The summed E-state index contributed by atoms with van der Waals surface area (Å²) in [4.78, 5) is 36.8. The first-order chi connectivity index (χ1) is 20.9. The number of fused-ring (bicyclic) bond motifs is 7.